The summed E-state index contributed by atoms with van der Waals surface area (Å²) >= 11 is 6.11. The Hall–Kier alpha value is -3.19. The number of aryl methyl sites for hydroxylation is 2. The number of benzene rings is 2. The summed E-state index contributed by atoms with van der Waals surface area (Å²) in [6.45, 7) is 3.84. The molecule has 0 bridgehead atoms. The van der Waals surface area contributed by atoms with Gasteiger partial charge in [-0.1, -0.05) is 35.4 Å². The first-order chi connectivity index (χ1) is 12.4. The third-order valence-corrected chi connectivity index (χ3v) is 4.16. The van der Waals surface area contributed by atoms with E-state index < -0.39 is 4.92 Å². The van der Waals surface area contributed by atoms with Crippen molar-refractivity contribution in [1.82, 2.24) is 9.97 Å². The molecule has 3 rings (SSSR count). The zero-order valence-electron chi connectivity index (χ0n) is 14.2. The summed E-state index contributed by atoms with van der Waals surface area (Å²) in [6.07, 6.45) is 1.27. The number of rotatable bonds is 5. The van der Waals surface area contributed by atoms with Crippen LogP contribution in [0.4, 0.5) is 28.7 Å². The van der Waals surface area contributed by atoms with Crippen LogP contribution < -0.4 is 10.6 Å². The zero-order chi connectivity index (χ0) is 18.7. The molecule has 7 nitrogen and oxygen atoms in total. The van der Waals surface area contributed by atoms with E-state index in [1.54, 1.807) is 12.1 Å². The highest BCUT2D eigenvalue weighted by Crippen LogP contribution is 2.33. The fraction of sp³-hybridized carbons (Fsp3) is 0.111. The lowest BCUT2D eigenvalue weighted by molar-refractivity contribution is -0.383. The van der Waals surface area contributed by atoms with E-state index in [4.69, 9.17) is 11.6 Å². The third-order valence-electron chi connectivity index (χ3n) is 3.75. The number of nitro groups is 1. The van der Waals surface area contributed by atoms with Gasteiger partial charge < -0.3 is 10.6 Å². The summed E-state index contributed by atoms with van der Waals surface area (Å²) in [5.74, 6) is 0.189. The molecule has 132 valence electrons. The highest BCUT2D eigenvalue weighted by atomic mass is 35.5. The SMILES string of the molecule is Cc1ccc(Nc2ncnc(Nc3ccc(C)c(Cl)c3)c2[N+](=O)[O-])cc1. The molecule has 1 heterocycles. The van der Waals surface area contributed by atoms with Gasteiger partial charge in [-0.15, -0.1) is 0 Å². The van der Waals surface area contributed by atoms with Crippen molar-refractivity contribution in [3.05, 3.63) is 75.1 Å². The van der Waals surface area contributed by atoms with Crippen molar-refractivity contribution >= 4 is 40.3 Å². The molecule has 0 unspecified atom stereocenters. The van der Waals surface area contributed by atoms with Crippen molar-refractivity contribution < 1.29 is 4.92 Å². The van der Waals surface area contributed by atoms with E-state index in [2.05, 4.69) is 20.6 Å². The van der Waals surface area contributed by atoms with Crippen LogP contribution >= 0.6 is 11.6 Å². The van der Waals surface area contributed by atoms with E-state index in [1.165, 1.54) is 6.33 Å². The van der Waals surface area contributed by atoms with Crippen molar-refractivity contribution in [2.75, 3.05) is 10.6 Å². The lowest BCUT2D eigenvalue weighted by Crippen LogP contribution is -2.05. The fourth-order valence-corrected chi connectivity index (χ4v) is 2.50. The van der Waals surface area contributed by atoms with Gasteiger partial charge in [0.25, 0.3) is 0 Å². The Morgan fingerprint density at radius 2 is 1.54 bits per heavy atom. The van der Waals surface area contributed by atoms with Crippen LogP contribution in [0.25, 0.3) is 0 Å². The number of hydrogen-bond donors (Lipinski definition) is 2. The van der Waals surface area contributed by atoms with Gasteiger partial charge in [-0.2, -0.15) is 0 Å². The van der Waals surface area contributed by atoms with E-state index in [9.17, 15) is 10.1 Å². The van der Waals surface area contributed by atoms with Gasteiger partial charge in [0, 0.05) is 16.4 Å². The number of halogens is 1. The predicted octanol–water partition coefficient (Wildman–Crippen LogP) is 5.14. The van der Waals surface area contributed by atoms with Crippen LogP contribution in [0.5, 0.6) is 0 Å². The molecule has 0 spiro atoms. The second-order valence-corrected chi connectivity index (χ2v) is 6.16. The van der Waals surface area contributed by atoms with Crippen LogP contribution in [0.1, 0.15) is 11.1 Å². The molecule has 0 aliphatic heterocycles. The molecular weight excluding hydrogens is 354 g/mol. The molecule has 0 aliphatic rings. The minimum absolute atomic E-state index is 0.0829. The average Bonchev–Trinajstić information content (AvgIpc) is 2.60. The quantitative estimate of drug-likeness (QED) is 0.477. The Morgan fingerprint density at radius 1 is 0.962 bits per heavy atom. The van der Waals surface area contributed by atoms with Crippen LogP contribution in [0.3, 0.4) is 0 Å². The lowest BCUT2D eigenvalue weighted by atomic mass is 10.2. The Balaban J connectivity index is 1.96. The molecule has 3 aromatic rings. The predicted molar refractivity (Wildman–Crippen MR) is 103 cm³/mol. The van der Waals surface area contributed by atoms with Crippen LogP contribution in [0, 0.1) is 24.0 Å². The number of nitrogens with one attached hydrogen (secondary N) is 2. The molecule has 0 aliphatic carbocycles. The summed E-state index contributed by atoms with van der Waals surface area (Å²) in [7, 11) is 0. The molecule has 0 saturated heterocycles. The molecule has 8 heteroatoms. The Labute approximate surface area is 155 Å². The Bertz CT molecular complexity index is 960. The molecule has 0 radical (unpaired) electrons. The van der Waals surface area contributed by atoms with E-state index >= 15 is 0 Å². The van der Waals surface area contributed by atoms with Crippen molar-refractivity contribution in [3.8, 4) is 0 Å². The van der Waals surface area contributed by atoms with E-state index in [-0.39, 0.29) is 17.3 Å². The van der Waals surface area contributed by atoms with Crippen molar-refractivity contribution in [2.24, 2.45) is 0 Å². The Morgan fingerprint density at radius 3 is 2.12 bits per heavy atom. The molecule has 26 heavy (non-hydrogen) atoms. The van der Waals surface area contributed by atoms with Gasteiger partial charge in [0.1, 0.15) is 6.33 Å². The minimum Gasteiger partial charge on any atom is -0.334 e. The molecule has 1 aromatic heterocycles. The normalized spacial score (nSPS) is 10.4. The van der Waals surface area contributed by atoms with Gasteiger partial charge in [-0.3, -0.25) is 10.1 Å². The Kier molecular flexibility index (Phi) is 4.99. The summed E-state index contributed by atoms with van der Waals surface area (Å²) in [5.41, 5.74) is 3.05. The van der Waals surface area contributed by atoms with Gasteiger partial charge in [-0.05, 0) is 43.7 Å². The molecule has 0 saturated carbocycles. The first-order valence-corrected chi connectivity index (χ1v) is 8.18. The van der Waals surface area contributed by atoms with Crippen molar-refractivity contribution in [2.45, 2.75) is 13.8 Å². The standard InChI is InChI=1S/C18H16ClN5O2/c1-11-3-6-13(7-4-11)22-17-16(24(25)26)18(21-10-20-17)23-14-8-5-12(2)15(19)9-14/h3-10H,1-2H3,(H2,20,21,22,23). The first kappa shape index (κ1) is 17.6. The van der Waals surface area contributed by atoms with Gasteiger partial charge in [0.05, 0.1) is 4.92 Å². The number of hydrogen-bond acceptors (Lipinski definition) is 6. The molecule has 2 aromatic carbocycles. The monoisotopic (exact) mass is 369 g/mol. The topological polar surface area (TPSA) is 93.0 Å². The number of aromatic nitrogens is 2. The smallest absolute Gasteiger partial charge is 0.334 e. The van der Waals surface area contributed by atoms with E-state index in [0.29, 0.717) is 16.4 Å². The molecular formula is C18H16ClN5O2. The fourth-order valence-electron chi connectivity index (χ4n) is 2.32. The maximum Gasteiger partial charge on any atom is 0.353 e. The highest BCUT2D eigenvalue weighted by Gasteiger charge is 2.23. The number of anilines is 4. The lowest BCUT2D eigenvalue weighted by Gasteiger charge is -2.11. The highest BCUT2D eigenvalue weighted by molar-refractivity contribution is 6.31. The zero-order valence-corrected chi connectivity index (χ0v) is 14.9. The number of nitrogens with zero attached hydrogens (tertiary/aromatic N) is 3. The van der Waals surface area contributed by atoms with Gasteiger partial charge in [0.15, 0.2) is 0 Å². The van der Waals surface area contributed by atoms with Gasteiger partial charge in [-0.25, -0.2) is 9.97 Å². The maximum absolute atomic E-state index is 11.6. The molecule has 0 amide bonds. The molecule has 0 fully saturated rings. The maximum atomic E-state index is 11.6. The summed E-state index contributed by atoms with van der Waals surface area (Å²) in [4.78, 5) is 19.1. The molecule has 2 N–H and O–H groups in total. The largest absolute Gasteiger partial charge is 0.353 e. The van der Waals surface area contributed by atoms with Crippen LogP contribution in [0.2, 0.25) is 5.02 Å². The summed E-state index contributed by atoms with van der Waals surface area (Å²) in [5, 5.41) is 18.1. The van der Waals surface area contributed by atoms with Crippen molar-refractivity contribution in [3.63, 3.8) is 0 Å². The van der Waals surface area contributed by atoms with Crippen LogP contribution in [-0.4, -0.2) is 14.9 Å². The van der Waals surface area contributed by atoms with Gasteiger partial charge in [0.2, 0.25) is 11.6 Å². The summed E-state index contributed by atoms with van der Waals surface area (Å²) < 4.78 is 0. The third kappa shape index (κ3) is 3.89. The second-order valence-electron chi connectivity index (χ2n) is 5.76. The van der Waals surface area contributed by atoms with E-state index in [1.807, 2.05) is 44.2 Å². The van der Waals surface area contributed by atoms with Gasteiger partial charge >= 0.3 is 5.69 Å². The minimum atomic E-state index is -0.519. The van der Waals surface area contributed by atoms with Crippen LogP contribution in [-0.2, 0) is 0 Å². The second kappa shape index (κ2) is 7.37. The van der Waals surface area contributed by atoms with E-state index in [0.717, 1.165) is 11.1 Å². The summed E-state index contributed by atoms with van der Waals surface area (Å²) in [6, 6.07) is 12.8. The van der Waals surface area contributed by atoms with Crippen LogP contribution in [0.15, 0.2) is 48.8 Å². The van der Waals surface area contributed by atoms with Crippen molar-refractivity contribution in [1.29, 1.82) is 0 Å². The first-order valence-electron chi connectivity index (χ1n) is 7.80. The molecule has 0 atom stereocenters. The average molecular weight is 370 g/mol.